The van der Waals surface area contributed by atoms with Gasteiger partial charge in [-0.2, -0.15) is 0 Å². The Morgan fingerprint density at radius 3 is 2.67 bits per heavy atom. The second kappa shape index (κ2) is 9.02. The molecule has 0 aliphatic rings. The van der Waals surface area contributed by atoms with E-state index in [0.717, 1.165) is 22.9 Å². The fourth-order valence-corrected chi connectivity index (χ4v) is 3.60. The van der Waals surface area contributed by atoms with E-state index in [1.165, 1.54) is 9.47 Å². The lowest BCUT2D eigenvalue weighted by Crippen LogP contribution is -2.42. The molecule has 3 aromatic rings. The first-order valence-electron chi connectivity index (χ1n) is 10.3. The van der Waals surface area contributed by atoms with E-state index >= 15 is 0 Å². The van der Waals surface area contributed by atoms with E-state index in [1.807, 2.05) is 51.2 Å². The van der Waals surface area contributed by atoms with Crippen molar-refractivity contribution in [1.82, 2.24) is 14.5 Å². The minimum atomic E-state index is -0.638. The standard InChI is InChI=1S/C22H29N5O3/c1-4-5-10-26(18(28)11-15-12-24-17-9-7-6-8-16(15)17)19-20(23)27(13-14(2)3)22(30)25-21(19)29/h6-9,12,14,24H,4-5,10-11,13,23H2,1-3H3,(H,25,29,30). The van der Waals surface area contributed by atoms with Crippen LogP contribution in [0, 0.1) is 5.92 Å². The molecule has 8 heteroatoms. The van der Waals surface area contributed by atoms with Gasteiger partial charge in [0.15, 0.2) is 5.69 Å². The van der Waals surface area contributed by atoms with Crippen LogP contribution < -0.4 is 21.9 Å². The number of nitrogen functional groups attached to an aromatic ring is 1. The maximum absolute atomic E-state index is 13.3. The topological polar surface area (TPSA) is 117 Å². The number of nitrogens with one attached hydrogen (secondary N) is 2. The molecule has 0 saturated heterocycles. The van der Waals surface area contributed by atoms with Crippen molar-refractivity contribution in [3.05, 3.63) is 56.9 Å². The van der Waals surface area contributed by atoms with Crippen LogP contribution in [0.25, 0.3) is 10.9 Å². The molecule has 0 bridgehead atoms. The molecular weight excluding hydrogens is 382 g/mol. The maximum atomic E-state index is 13.3. The molecule has 0 unspecified atom stereocenters. The molecule has 0 radical (unpaired) electrons. The summed E-state index contributed by atoms with van der Waals surface area (Å²) in [7, 11) is 0. The van der Waals surface area contributed by atoms with Crippen LogP contribution in [-0.2, 0) is 17.8 Å². The van der Waals surface area contributed by atoms with Gasteiger partial charge in [-0.15, -0.1) is 0 Å². The van der Waals surface area contributed by atoms with Crippen LogP contribution in [0.4, 0.5) is 11.5 Å². The minimum absolute atomic E-state index is 0.0285. The largest absolute Gasteiger partial charge is 0.383 e. The predicted molar refractivity (Wildman–Crippen MR) is 120 cm³/mol. The van der Waals surface area contributed by atoms with Crippen LogP contribution in [0.5, 0.6) is 0 Å². The van der Waals surface area contributed by atoms with Crippen molar-refractivity contribution in [3.8, 4) is 0 Å². The molecular formula is C22H29N5O3. The van der Waals surface area contributed by atoms with Crippen molar-refractivity contribution in [1.29, 1.82) is 0 Å². The number of aromatic nitrogens is 3. The maximum Gasteiger partial charge on any atom is 0.330 e. The molecule has 30 heavy (non-hydrogen) atoms. The highest BCUT2D eigenvalue weighted by molar-refractivity contribution is 5.99. The lowest BCUT2D eigenvalue weighted by atomic mass is 10.1. The molecule has 2 heterocycles. The van der Waals surface area contributed by atoms with E-state index in [-0.39, 0.29) is 29.8 Å². The number of carbonyl (C=O) groups is 1. The summed E-state index contributed by atoms with van der Waals surface area (Å²) in [6.45, 7) is 6.62. The highest BCUT2D eigenvalue weighted by atomic mass is 16.2. The van der Waals surface area contributed by atoms with E-state index in [2.05, 4.69) is 9.97 Å². The lowest BCUT2D eigenvalue weighted by Gasteiger charge is -2.25. The van der Waals surface area contributed by atoms with Gasteiger partial charge in [0.1, 0.15) is 5.82 Å². The predicted octanol–water partition coefficient (Wildman–Crippen LogP) is 2.63. The van der Waals surface area contributed by atoms with Crippen LogP contribution in [0.3, 0.4) is 0 Å². The van der Waals surface area contributed by atoms with Gasteiger partial charge < -0.3 is 15.6 Å². The van der Waals surface area contributed by atoms with E-state index in [9.17, 15) is 14.4 Å². The molecule has 0 aliphatic heterocycles. The average Bonchev–Trinajstić information content (AvgIpc) is 3.10. The van der Waals surface area contributed by atoms with Gasteiger partial charge >= 0.3 is 5.69 Å². The van der Waals surface area contributed by atoms with Crippen LogP contribution in [-0.4, -0.2) is 27.0 Å². The third-order valence-corrected chi connectivity index (χ3v) is 5.08. The van der Waals surface area contributed by atoms with Gasteiger partial charge in [0.25, 0.3) is 5.56 Å². The van der Waals surface area contributed by atoms with Crippen LogP contribution in [0.15, 0.2) is 40.1 Å². The van der Waals surface area contributed by atoms with Crippen LogP contribution >= 0.6 is 0 Å². The molecule has 3 rings (SSSR count). The monoisotopic (exact) mass is 411 g/mol. The Morgan fingerprint density at radius 2 is 1.97 bits per heavy atom. The summed E-state index contributed by atoms with van der Waals surface area (Å²) in [5.41, 5.74) is 6.90. The summed E-state index contributed by atoms with van der Waals surface area (Å²) < 4.78 is 1.33. The first-order valence-corrected chi connectivity index (χ1v) is 10.3. The number of benzene rings is 1. The number of rotatable bonds is 8. The third kappa shape index (κ3) is 4.32. The third-order valence-electron chi connectivity index (χ3n) is 5.08. The molecule has 4 N–H and O–H groups in total. The number of hydrogen-bond donors (Lipinski definition) is 3. The number of fused-ring (bicyclic) bond motifs is 1. The summed E-state index contributed by atoms with van der Waals surface area (Å²) in [4.78, 5) is 45.2. The van der Waals surface area contributed by atoms with E-state index in [0.29, 0.717) is 19.5 Å². The van der Waals surface area contributed by atoms with Crippen molar-refractivity contribution in [2.24, 2.45) is 5.92 Å². The fraction of sp³-hybridized carbons (Fsp3) is 0.409. The molecule has 0 saturated carbocycles. The number of aromatic amines is 2. The summed E-state index contributed by atoms with van der Waals surface area (Å²) in [6.07, 6.45) is 3.49. The van der Waals surface area contributed by atoms with Crippen molar-refractivity contribution in [3.63, 3.8) is 0 Å². The second-order valence-electron chi connectivity index (χ2n) is 7.93. The number of unbranched alkanes of at least 4 members (excludes halogenated alkanes) is 1. The van der Waals surface area contributed by atoms with E-state index in [4.69, 9.17) is 5.73 Å². The number of carbonyl (C=O) groups excluding carboxylic acids is 1. The average molecular weight is 412 g/mol. The number of nitrogens with zero attached hydrogens (tertiary/aromatic N) is 2. The normalized spacial score (nSPS) is 11.3. The highest BCUT2D eigenvalue weighted by Gasteiger charge is 2.25. The lowest BCUT2D eigenvalue weighted by molar-refractivity contribution is -0.118. The van der Waals surface area contributed by atoms with Gasteiger partial charge in [-0.05, 0) is 24.0 Å². The van der Waals surface area contributed by atoms with E-state index in [1.54, 1.807) is 0 Å². The summed E-state index contributed by atoms with van der Waals surface area (Å²) >= 11 is 0. The summed E-state index contributed by atoms with van der Waals surface area (Å²) in [5, 5.41) is 0.966. The molecule has 0 fully saturated rings. The molecule has 1 aromatic carbocycles. The Kier molecular flexibility index (Phi) is 6.44. The molecule has 0 aliphatic carbocycles. The number of hydrogen-bond acceptors (Lipinski definition) is 4. The minimum Gasteiger partial charge on any atom is -0.383 e. The first kappa shape index (κ1) is 21.4. The number of para-hydroxylation sites is 1. The Morgan fingerprint density at radius 1 is 1.23 bits per heavy atom. The second-order valence-corrected chi connectivity index (χ2v) is 7.93. The SMILES string of the molecule is CCCCN(C(=O)Cc1c[nH]c2ccccc12)c1c(N)n(CC(C)C)c(=O)[nH]c1=O. The highest BCUT2D eigenvalue weighted by Crippen LogP contribution is 2.22. The zero-order valence-electron chi connectivity index (χ0n) is 17.7. The molecule has 0 spiro atoms. The quantitative estimate of drug-likeness (QED) is 0.528. The zero-order chi connectivity index (χ0) is 21.8. The Labute approximate surface area is 174 Å². The molecule has 1 amide bonds. The molecule has 2 aromatic heterocycles. The van der Waals surface area contributed by atoms with E-state index < -0.39 is 11.2 Å². The Balaban J connectivity index is 2.03. The molecule has 160 valence electrons. The first-order chi connectivity index (χ1) is 14.3. The Hall–Kier alpha value is -3.29. The van der Waals surface area contributed by atoms with Gasteiger partial charge in [-0.1, -0.05) is 45.4 Å². The number of H-pyrrole nitrogens is 2. The summed E-state index contributed by atoms with van der Waals surface area (Å²) in [6, 6.07) is 7.75. The van der Waals surface area contributed by atoms with Gasteiger partial charge in [0.05, 0.1) is 6.42 Å². The van der Waals surface area contributed by atoms with Crippen molar-refractivity contribution >= 4 is 28.3 Å². The van der Waals surface area contributed by atoms with Gasteiger partial charge in [0, 0.05) is 30.2 Å². The van der Waals surface area contributed by atoms with Gasteiger partial charge in [-0.3, -0.25) is 19.1 Å². The zero-order valence-corrected chi connectivity index (χ0v) is 17.7. The van der Waals surface area contributed by atoms with Crippen molar-refractivity contribution in [2.45, 2.75) is 46.6 Å². The van der Waals surface area contributed by atoms with Gasteiger partial charge in [-0.25, -0.2) is 4.79 Å². The molecule has 8 nitrogen and oxygen atoms in total. The fourth-order valence-electron chi connectivity index (χ4n) is 3.60. The number of anilines is 2. The number of amides is 1. The van der Waals surface area contributed by atoms with Crippen molar-refractivity contribution in [2.75, 3.05) is 17.2 Å². The summed E-state index contributed by atoms with van der Waals surface area (Å²) in [5.74, 6) is -0.0595. The van der Waals surface area contributed by atoms with Crippen LogP contribution in [0.1, 0.15) is 39.2 Å². The Bertz CT molecular complexity index is 1160. The van der Waals surface area contributed by atoms with Crippen molar-refractivity contribution < 1.29 is 4.79 Å². The van der Waals surface area contributed by atoms with Gasteiger partial charge in [0.2, 0.25) is 5.91 Å². The van der Waals surface area contributed by atoms with Crippen LogP contribution in [0.2, 0.25) is 0 Å². The smallest absolute Gasteiger partial charge is 0.330 e. The molecule has 0 atom stereocenters. The number of nitrogens with two attached hydrogens (primary N) is 1.